The van der Waals surface area contributed by atoms with E-state index < -0.39 is 18.1 Å². The second kappa shape index (κ2) is 9.58. The summed E-state index contributed by atoms with van der Waals surface area (Å²) >= 11 is 0. The van der Waals surface area contributed by atoms with Crippen molar-refractivity contribution in [1.29, 1.82) is 0 Å². The summed E-state index contributed by atoms with van der Waals surface area (Å²) in [5.41, 5.74) is 5.03. The fourth-order valence-corrected chi connectivity index (χ4v) is 4.66. The smallest absolute Gasteiger partial charge is 0.407 e. The number of hydrogen-bond acceptors (Lipinski definition) is 6. The van der Waals surface area contributed by atoms with Crippen LogP contribution >= 0.6 is 0 Å². The largest absolute Gasteiger partial charge is 0.493 e. The van der Waals surface area contributed by atoms with E-state index in [0.29, 0.717) is 36.0 Å². The number of nitrogens with one attached hydrogen (secondary N) is 1. The number of rotatable bonds is 7. The van der Waals surface area contributed by atoms with Crippen molar-refractivity contribution in [3.05, 3.63) is 77.4 Å². The zero-order valence-corrected chi connectivity index (χ0v) is 19.2. The molecule has 3 aromatic rings. The fourth-order valence-electron chi connectivity index (χ4n) is 4.66. The van der Waals surface area contributed by atoms with Crippen LogP contribution in [0.15, 0.2) is 60.7 Å². The Morgan fingerprint density at radius 3 is 2.34 bits per heavy atom. The highest BCUT2D eigenvalue weighted by Gasteiger charge is 2.30. The maximum Gasteiger partial charge on any atom is 0.407 e. The molecule has 1 unspecified atom stereocenters. The van der Waals surface area contributed by atoms with Gasteiger partial charge in [-0.3, -0.25) is 0 Å². The van der Waals surface area contributed by atoms with E-state index in [9.17, 15) is 14.7 Å². The first kappa shape index (κ1) is 22.6. The summed E-state index contributed by atoms with van der Waals surface area (Å²) < 4.78 is 22.1. The number of amides is 1. The van der Waals surface area contributed by atoms with Crippen molar-refractivity contribution in [3.63, 3.8) is 0 Å². The quantitative estimate of drug-likeness (QED) is 0.532. The maximum atomic E-state index is 12.6. The van der Waals surface area contributed by atoms with E-state index in [0.717, 1.165) is 22.3 Å². The lowest BCUT2D eigenvalue weighted by Crippen LogP contribution is -2.43. The molecule has 0 radical (unpaired) electrons. The Kier molecular flexibility index (Phi) is 6.18. The van der Waals surface area contributed by atoms with Gasteiger partial charge in [0.1, 0.15) is 25.9 Å². The minimum Gasteiger partial charge on any atom is -0.493 e. The minimum absolute atomic E-state index is 0.0204. The number of carboxylic acids is 1. The van der Waals surface area contributed by atoms with E-state index in [1.165, 1.54) is 7.11 Å². The zero-order valence-electron chi connectivity index (χ0n) is 19.2. The number of hydrogen-bond donors (Lipinski definition) is 2. The number of fused-ring (bicyclic) bond motifs is 4. The van der Waals surface area contributed by atoms with Gasteiger partial charge in [0.25, 0.3) is 0 Å². The molecule has 1 amide bonds. The van der Waals surface area contributed by atoms with Gasteiger partial charge in [0, 0.05) is 12.3 Å². The van der Waals surface area contributed by atoms with Crippen molar-refractivity contribution in [2.45, 2.75) is 18.4 Å². The number of ether oxygens (including phenoxy) is 4. The average molecular weight is 475 g/mol. The Balaban J connectivity index is 1.27. The average Bonchev–Trinajstić information content (AvgIpc) is 3.20. The van der Waals surface area contributed by atoms with Gasteiger partial charge < -0.3 is 29.4 Å². The number of benzene rings is 3. The van der Waals surface area contributed by atoms with Gasteiger partial charge in [-0.15, -0.1) is 0 Å². The van der Waals surface area contributed by atoms with E-state index in [-0.39, 0.29) is 18.9 Å². The molecule has 8 nitrogen and oxygen atoms in total. The third-order valence-corrected chi connectivity index (χ3v) is 6.26. The summed E-state index contributed by atoms with van der Waals surface area (Å²) in [4.78, 5) is 24.5. The normalized spacial score (nSPS) is 14.4. The maximum absolute atomic E-state index is 12.6. The second-order valence-electron chi connectivity index (χ2n) is 8.39. The van der Waals surface area contributed by atoms with Crippen molar-refractivity contribution < 1.29 is 33.6 Å². The topological polar surface area (TPSA) is 103 Å². The van der Waals surface area contributed by atoms with Crippen LogP contribution in [-0.4, -0.2) is 50.1 Å². The van der Waals surface area contributed by atoms with Crippen molar-refractivity contribution in [3.8, 4) is 28.4 Å². The van der Waals surface area contributed by atoms with Gasteiger partial charge in [0.2, 0.25) is 5.75 Å². The molecular formula is C27H25NO7. The Hall–Kier alpha value is -4.20. The van der Waals surface area contributed by atoms with Gasteiger partial charge >= 0.3 is 12.1 Å². The summed E-state index contributed by atoms with van der Waals surface area (Å²) in [6.45, 7) is 0.897. The van der Waals surface area contributed by atoms with Crippen LogP contribution < -0.4 is 19.5 Å². The molecule has 1 aliphatic heterocycles. The van der Waals surface area contributed by atoms with Crippen LogP contribution in [0.25, 0.3) is 11.1 Å². The van der Waals surface area contributed by atoms with E-state index in [1.807, 2.05) is 36.4 Å². The highest BCUT2D eigenvalue weighted by Crippen LogP contribution is 2.44. The first-order chi connectivity index (χ1) is 17.0. The Morgan fingerprint density at radius 1 is 1.03 bits per heavy atom. The van der Waals surface area contributed by atoms with Crippen molar-refractivity contribution in [2.24, 2.45) is 0 Å². The Labute approximate surface area is 202 Å². The van der Waals surface area contributed by atoms with Crippen LogP contribution in [0.2, 0.25) is 0 Å². The zero-order chi connectivity index (χ0) is 24.4. The predicted octanol–water partition coefficient (Wildman–Crippen LogP) is 4.00. The molecule has 0 saturated carbocycles. The molecule has 0 fully saturated rings. The predicted molar refractivity (Wildman–Crippen MR) is 127 cm³/mol. The van der Waals surface area contributed by atoms with Crippen molar-refractivity contribution in [2.75, 3.05) is 26.9 Å². The van der Waals surface area contributed by atoms with Crippen LogP contribution in [0.3, 0.4) is 0 Å². The van der Waals surface area contributed by atoms with E-state index in [4.69, 9.17) is 18.9 Å². The van der Waals surface area contributed by atoms with Crippen LogP contribution in [-0.2, 0) is 16.0 Å². The first-order valence-corrected chi connectivity index (χ1v) is 11.4. The molecule has 0 saturated heterocycles. The molecule has 0 bridgehead atoms. The Bertz CT molecular complexity index is 1210. The molecular weight excluding hydrogens is 450 g/mol. The number of alkyl carbamates (subject to hydrolysis) is 1. The lowest BCUT2D eigenvalue weighted by molar-refractivity contribution is -0.139. The third-order valence-electron chi connectivity index (χ3n) is 6.26. The molecule has 1 aliphatic carbocycles. The number of aliphatic carboxylic acids is 1. The number of carboxylic acid groups (broad SMARTS) is 1. The van der Waals surface area contributed by atoms with E-state index in [1.54, 1.807) is 12.1 Å². The molecule has 2 N–H and O–H groups in total. The van der Waals surface area contributed by atoms with Gasteiger partial charge in [-0.05, 0) is 39.9 Å². The number of methoxy groups -OCH3 is 1. The fraction of sp³-hybridized carbons (Fsp3) is 0.259. The van der Waals surface area contributed by atoms with Gasteiger partial charge in [0.15, 0.2) is 11.5 Å². The van der Waals surface area contributed by atoms with Gasteiger partial charge in [-0.1, -0.05) is 48.5 Å². The lowest BCUT2D eigenvalue weighted by atomic mass is 9.98. The van der Waals surface area contributed by atoms with Crippen molar-refractivity contribution >= 4 is 12.1 Å². The molecule has 3 aromatic carbocycles. The van der Waals surface area contributed by atoms with Gasteiger partial charge in [0.05, 0.1) is 7.11 Å². The molecule has 35 heavy (non-hydrogen) atoms. The molecule has 180 valence electrons. The summed E-state index contributed by atoms with van der Waals surface area (Å²) in [5, 5.41) is 12.2. The standard InChI is InChI=1S/C27H25NO7/c1-32-23-13-16(14-24-25(23)34-11-10-33-24)12-22(26(29)30)28-27(31)35-15-21-19-8-4-2-6-17(19)18-7-3-5-9-20(18)21/h2-9,13-14,21-22H,10-12,15H2,1H3,(H,28,31)(H,29,30). The molecule has 2 aliphatic rings. The summed E-state index contributed by atoms with van der Waals surface area (Å²) in [6.07, 6.45) is -0.768. The summed E-state index contributed by atoms with van der Waals surface area (Å²) in [7, 11) is 1.50. The third kappa shape index (κ3) is 4.47. The first-order valence-electron chi connectivity index (χ1n) is 11.4. The summed E-state index contributed by atoms with van der Waals surface area (Å²) in [5.74, 6) is 0.128. The SMILES string of the molecule is COc1cc(CC(NC(=O)OCC2c3ccccc3-c3ccccc32)C(=O)O)cc2c1OCCO2. The minimum atomic E-state index is -1.20. The van der Waals surface area contributed by atoms with Gasteiger partial charge in [-0.2, -0.15) is 0 Å². The highest BCUT2D eigenvalue weighted by molar-refractivity contribution is 5.81. The monoisotopic (exact) mass is 475 g/mol. The lowest BCUT2D eigenvalue weighted by Gasteiger charge is -2.22. The molecule has 8 heteroatoms. The molecule has 0 spiro atoms. The van der Waals surface area contributed by atoms with Crippen LogP contribution in [0.4, 0.5) is 4.79 Å². The van der Waals surface area contributed by atoms with E-state index >= 15 is 0 Å². The molecule has 1 atom stereocenters. The number of carbonyl (C=O) groups is 2. The molecule has 5 rings (SSSR count). The number of carbonyl (C=O) groups excluding carboxylic acids is 1. The van der Waals surface area contributed by atoms with Crippen LogP contribution in [0, 0.1) is 0 Å². The highest BCUT2D eigenvalue weighted by atomic mass is 16.6. The van der Waals surface area contributed by atoms with Crippen molar-refractivity contribution in [1.82, 2.24) is 5.32 Å². The molecule has 1 heterocycles. The second-order valence-corrected chi connectivity index (χ2v) is 8.39. The molecule has 0 aromatic heterocycles. The summed E-state index contributed by atoms with van der Waals surface area (Å²) in [6, 6.07) is 18.2. The van der Waals surface area contributed by atoms with E-state index in [2.05, 4.69) is 17.4 Å². The van der Waals surface area contributed by atoms with Crippen LogP contribution in [0.5, 0.6) is 17.2 Å². The van der Waals surface area contributed by atoms with Gasteiger partial charge in [-0.25, -0.2) is 9.59 Å². The van der Waals surface area contributed by atoms with Crippen LogP contribution in [0.1, 0.15) is 22.6 Å². The Morgan fingerprint density at radius 2 is 1.69 bits per heavy atom.